The zero-order valence-corrected chi connectivity index (χ0v) is 31.7. The fourth-order valence-electron chi connectivity index (χ4n) is 8.89. The second-order valence-corrected chi connectivity index (χ2v) is 15.4. The van der Waals surface area contributed by atoms with Crippen LogP contribution in [0.1, 0.15) is 66.8 Å². The molecule has 0 saturated heterocycles. The van der Waals surface area contributed by atoms with Crippen LogP contribution >= 0.6 is 0 Å². The third kappa shape index (κ3) is 5.10. The third-order valence-corrected chi connectivity index (χ3v) is 11.7. The summed E-state index contributed by atoms with van der Waals surface area (Å²) in [6, 6.07) is 46.9. The molecule has 3 N–H and O–H groups in total. The van der Waals surface area contributed by atoms with E-state index in [4.69, 9.17) is 0 Å². The number of rotatable bonds is 0. The maximum absolute atomic E-state index is 13.4. The SMILES string of the molecule is Cc1ccc(C#C[C@@]2(O)c3ccccc3-c3c2c2c(c4c3[C@](O)(C#Cc3ccc(C)cc3)c3ccccc3-4)[C@@](O)(C#Cc3ccc(C)cc3)c3ccccc3-2)cc1. The molecule has 3 atom stereocenters. The Hall–Kier alpha value is -6.90. The van der Waals surface area contributed by atoms with Gasteiger partial charge in [-0.1, -0.05) is 161 Å². The molecule has 3 aliphatic rings. The molecule has 3 aliphatic carbocycles. The summed E-state index contributed by atoms with van der Waals surface area (Å²) in [4.78, 5) is 0. The first-order valence-electron chi connectivity index (χ1n) is 19.1. The lowest BCUT2D eigenvalue weighted by Crippen LogP contribution is -2.28. The highest BCUT2D eigenvalue weighted by atomic mass is 16.3. The minimum atomic E-state index is -1.85. The molecule has 0 saturated carbocycles. The molecule has 10 rings (SSSR count). The monoisotopic (exact) mass is 732 g/mol. The lowest BCUT2D eigenvalue weighted by molar-refractivity contribution is 0.142. The number of aliphatic hydroxyl groups is 3. The molecule has 0 unspecified atom stereocenters. The molecule has 3 nitrogen and oxygen atoms in total. The topological polar surface area (TPSA) is 60.7 Å². The van der Waals surface area contributed by atoms with Gasteiger partial charge in [0.25, 0.3) is 0 Å². The highest BCUT2D eigenvalue weighted by molar-refractivity contribution is 6.05. The van der Waals surface area contributed by atoms with Crippen LogP contribution in [0.2, 0.25) is 0 Å². The van der Waals surface area contributed by atoms with E-state index in [9.17, 15) is 15.3 Å². The number of hydrogen-bond acceptors (Lipinski definition) is 3. The molecule has 0 radical (unpaired) electrons. The second kappa shape index (κ2) is 12.6. The Morgan fingerprint density at radius 3 is 0.842 bits per heavy atom. The predicted octanol–water partition coefficient (Wildman–Crippen LogP) is 9.42. The van der Waals surface area contributed by atoms with Crippen LogP contribution in [0.25, 0.3) is 33.4 Å². The van der Waals surface area contributed by atoms with Crippen molar-refractivity contribution in [3.8, 4) is 68.9 Å². The van der Waals surface area contributed by atoms with Crippen LogP contribution in [-0.2, 0) is 16.8 Å². The fourth-order valence-corrected chi connectivity index (χ4v) is 8.89. The molecule has 0 aliphatic heterocycles. The molecular formula is C54H36O3. The van der Waals surface area contributed by atoms with Crippen LogP contribution in [0.5, 0.6) is 0 Å². The highest BCUT2D eigenvalue weighted by Crippen LogP contribution is 2.66. The van der Waals surface area contributed by atoms with Crippen molar-refractivity contribution in [2.24, 2.45) is 0 Å². The summed E-state index contributed by atoms with van der Waals surface area (Å²) < 4.78 is 0. The molecular weight excluding hydrogens is 697 g/mol. The summed E-state index contributed by atoms with van der Waals surface area (Å²) in [5.41, 5.74) is 7.54. The Labute approximate surface area is 333 Å². The average molecular weight is 733 g/mol. The van der Waals surface area contributed by atoms with Crippen LogP contribution in [0.4, 0.5) is 0 Å². The van der Waals surface area contributed by atoms with Gasteiger partial charge < -0.3 is 15.3 Å². The maximum Gasteiger partial charge on any atom is 0.179 e. The third-order valence-electron chi connectivity index (χ3n) is 11.7. The summed E-state index contributed by atoms with van der Waals surface area (Å²) in [6.45, 7) is 6.08. The van der Waals surface area contributed by atoms with Crippen molar-refractivity contribution in [1.82, 2.24) is 0 Å². The Bertz CT molecular complexity index is 2680. The number of hydrogen-bond donors (Lipinski definition) is 3. The van der Waals surface area contributed by atoms with Gasteiger partial charge in [0.05, 0.1) is 0 Å². The lowest BCUT2D eigenvalue weighted by atomic mass is 9.77. The van der Waals surface area contributed by atoms with Crippen LogP contribution in [0.3, 0.4) is 0 Å². The molecule has 7 aromatic carbocycles. The van der Waals surface area contributed by atoms with Crippen molar-refractivity contribution in [3.63, 3.8) is 0 Å². The van der Waals surface area contributed by atoms with Crippen molar-refractivity contribution in [2.75, 3.05) is 0 Å². The molecule has 0 spiro atoms. The molecule has 0 heterocycles. The van der Waals surface area contributed by atoms with Gasteiger partial charge in [-0.3, -0.25) is 0 Å². The molecule has 3 heteroatoms. The maximum atomic E-state index is 13.4. The summed E-state index contributed by atoms with van der Waals surface area (Å²) in [6.07, 6.45) is 0. The van der Waals surface area contributed by atoms with Gasteiger partial charge in [0, 0.05) is 50.1 Å². The first-order chi connectivity index (χ1) is 27.6. The van der Waals surface area contributed by atoms with Crippen molar-refractivity contribution in [3.05, 3.63) is 212 Å². The van der Waals surface area contributed by atoms with E-state index in [0.717, 1.165) is 50.1 Å². The number of benzene rings is 7. The average Bonchev–Trinajstić information content (AvgIpc) is 3.76. The minimum Gasteiger partial charge on any atom is -0.369 e. The van der Waals surface area contributed by atoms with Crippen LogP contribution < -0.4 is 0 Å². The molecule has 57 heavy (non-hydrogen) atoms. The van der Waals surface area contributed by atoms with Gasteiger partial charge in [-0.2, -0.15) is 0 Å². The Kier molecular flexibility index (Phi) is 7.62. The first kappa shape index (κ1) is 34.6. The van der Waals surface area contributed by atoms with Crippen molar-refractivity contribution in [1.29, 1.82) is 0 Å². The molecule has 0 aromatic heterocycles. The van der Waals surface area contributed by atoms with Gasteiger partial charge in [-0.05, 0) is 90.6 Å². The minimum absolute atomic E-state index is 0.501. The van der Waals surface area contributed by atoms with E-state index in [1.807, 2.05) is 166 Å². The van der Waals surface area contributed by atoms with Gasteiger partial charge >= 0.3 is 0 Å². The Morgan fingerprint density at radius 1 is 0.333 bits per heavy atom. The van der Waals surface area contributed by atoms with Gasteiger partial charge in [-0.15, -0.1) is 0 Å². The molecule has 7 aromatic rings. The second-order valence-electron chi connectivity index (χ2n) is 15.4. The van der Waals surface area contributed by atoms with E-state index in [0.29, 0.717) is 50.1 Å². The zero-order valence-electron chi connectivity index (χ0n) is 31.7. The van der Waals surface area contributed by atoms with Gasteiger partial charge in [0.1, 0.15) is 0 Å². The summed E-state index contributed by atoms with van der Waals surface area (Å²) in [5.74, 6) is 19.9. The quantitative estimate of drug-likeness (QED) is 0.136. The summed E-state index contributed by atoms with van der Waals surface area (Å²) in [5, 5.41) is 40.3. The van der Waals surface area contributed by atoms with Crippen LogP contribution in [0, 0.1) is 56.3 Å². The molecule has 0 fully saturated rings. The van der Waals surface area contributed by atoms with Gasteiger partial charge in [0.15, 0.2) is 16.8 Å². The highest BCUT2D eigenvalue weighted by Gasteiger charge is 2.57. The van der Waals surface area contributed by atoms with E-state index in [1.165, 1.54) is 0 Å². The Balaban J connectivity index is 1.37. The fraction of sp³-hybridized carbons (Fsp3) is 0.111. The smallest absolute Gasteiger partial charge is 0.179 e. The van der Waals surface area contributed by atoms with Crippen LogP contribution in [-0.4, -0.2) is 15.3 Å². The Morgan fingerprint density at radius 2 is 0.579 bits per heavy atom. The summed E-state index contributed by atoms with van der Waals surface area (Å²) >= 11 is 0. The van der Waals surface area contributed by atoms with E-state index < -0.39 is 16.8 Å². The first-order valence-corrected chi connectivity index (χ1v) is 19.1. The van der Waals surface area contributed by atoms with Crippen molar-refractivity contribution >= 4 is 0 Å². The normalized spacial score (nSPS) is 19.9. The summed E-state index contributed by atoms with van der Waals surface area (Å²) in [7, 11) is 0. The number of aryl methyl sites for hydroxylation is 3. The molecule has 0 amide bonds. The largest absolute Gasteiger partial charge is 0.369 e. The van der Waals surface area contributed by atoms with E-state index in [-0.39, 0.29) is 0 Å². The van der Waals surface area contributed by atoms with E-state index in [2.05, 4.69) is 35.5 Å². The van der Waals surface area contributed by atoms with E-state index >= 15 is 0 Å². The zero-order chi connectivity index (χ0) is 39.1. The van der Waals surface area contributed by atoms with Crippen LogP contribution in [0.15, 0.2) is 146 Å². The predicted molar refractivity (Wildman–Crippen MR) is 226 cm³/mol. The number of fused-ring (bicyclic) bond motifs is 12. The van der Waals surface area contributed by atoms with Gasteiger partial charge in [0.2, 0.25) is 0 Å². The van der Waals surface area contributed by atoms with Crippen molar-refractivity contribution < 1.29 is 15.3 Å². The van der Waals surface area contributed by atoms with Crippen molar-refractivity contribution in [2.45, 2.75) is 37.6 Å². The standard InChI is InChI=1S/C54H36O3/c1-34-16-22-37(23-17-34)28-31-52(55)43-13-7-4-10-40(43)46-49(52)47-41-11-5-8-14-44(41)53(56,32-29-38-24-18-35(2)19-25-38)51(47)48-42-12-6-9-15-45(42)54(57,50(46)48)33-30-39-26-20-36(3)21-27-39/h4-27,55-57H,1-3H3/t52-,53-,54+/m1/s1. The molecule has 0 bridgehead atoms. The molecule has 270 valence electrons. The van der Waals surface area contributed by atoms with Gasteiger partial charge in [-0.25, -0.2) is 0 Å². The van der Waals surface area contributed by atoms with E-state index in [1.54, 1.807) is 0 Å². The lowest BCUT2D eigenvalue weighted by Gasteiger charge is -2.29.